The molecule has 6 heteroatoms. The highest BCUT2D eigenvalue weighted by molar-refractivity contribution is 5.67. The predicted molar refractivity (Wildman–Crippen MR) is 89.7 cm³/mol. The van der Waals surface area contributed by atoms with E-state index in [0.29, 0.717) is 26.3 Å². The Balaban J connectivity index is 1.38. The summed E-state index contributed by atoms with van der Waals surface area (Å²) < 4.78 is 16.4. The first kappa shape index (κ1) is 17.2. The molecule has 24 heavy (non-hydrogen) atoms. The summed E-state index contributed by atoms with van der Waals surface area (Å²) in [6.07, 6.45) is -0.265. The van der Waals surface area contributed by atoms with Gasteiger partial charge in [0.25, 0.3) is 0 Å². The summed E-state index contributed by atoms with van der Waals surface area (Å²) in [7, 11) is 0. The lowest BCUT2D eigenvalue weighted by Crippen LogP contribution is -2.52. The van der Waals surface area contributed by atoms with E-state index in [2.05, 4.69) is 12.2 Å². The molecule has 0 bridgehead atoms. The van der Waals surface area contributed by atoms with Crippen LogP contribution in [-0.2, 0) is 20.8 Å². The summed E-state index contributed by atoms with van der Waals surface area (Å²) in [5.74, 6) is 0. The summed E-state index contributed by atoms with van der Waals surface area (Å²) in [6, 6.07) is 9.72. The van der Waals surface area contributed by atoms with Crippen LogP contribution in [0.5, 0.6) is 0 Å². The smallest absolute Gasteiger partial charge is 0.410 e. The summed E-state index contributed by atoms with van der Waals surface area (Å²) in [4.78, 5) is 13.9. The van der Waals surface area contributed by atoms with Crippen LogP contribution in [0, 0.1) is 5.41 Å². The van der Waals surface area contributed by atoms with Gasteiger partial charge in [0.2, 0.25) is 0 Å². The van der Waals surface area contributed by atoms with E-state index >= 15 is 0 Å². The van der Waals surface area contributed by atoms with Gasteiger partial charge in [0.05, 0.1) is 32.5 Å². The zero-order chi connectivity index (χ0) is 16.8. The third-order valence-electron chi connectivity index (χ3n) is 4.43. The third kappa shape index (κ3) is 4.69. The number of carbonyl (C=O) groups excluding carboxylic acids is 1. The maximum atomic E-state index is 12.2. The number of rotatable bonds is 6. The van der Waals surface area contributed by atoms with Gasteiger partial charge in [-0.2, -0.15) is 0 Å². The molecule has 2 aliphatic heterocycles. The average Bonchev–Trinajstić information content (AvgIpc) is 2.59. The average molecular weight is 334 g/mol. The standard InChI is InChI=1S/C18H26N2O4/c1-18(13-22-14-18)12-19-9-16-10-20(7-8-23-16)17(21)24-11-15-5-3-2-4-6-15/h2-6,16,19H,7-14H2,1H3. The van der Waals surface area contributed by atoms with Crippen LogP contribution in [0.4, 0.5) is 4.79 Å². The Labute approximate surface area is 143 Å². The lowest BCUT2D eigenvalue weighted by Gasteiger charge is -2.39. The molecule has 1 aromatic carbocycles. The molecule has 2 aliphatic rings. The van der Waals surface area contributed by atoms with Crippen molar-refractivity contribution in [2.24, 2.45) is 5.41 Å². The van der Waals surface area contributed by atoms with Crippen molar-refractivity contribution in [1.29, 1.82) is 0 Å². The van der Waals surface area contributed by atoms with E-state index in [1.54, 1.807) is 4.90 Å². The fraction of sp³-hybridized carbons (Fsp3) is 0.611. The second-order valence-corrected chi connectivity index (χ2v) is 6.91. The Kier molecular flexibility index (Phi) is 5.71. The van der Waals surface area contributed by atoms with Crippen molar-refractivity contribution >= 4 is 6.09 Å². The third-order valence-corrected chi connectivity index (χ3v) is 4.43. The summed E-state index contributed by atoms with van der Waals surface area (Å²) in [5.41, 5.74) is 1.23. The topological polar surface area (TPSA) is 60.0 Å². The lowest BCUT2D eigenvalue weighted by molar-refractivity contribution is -0.101. The molecule has 1 atom stereocenters. The first-order chi connectivity index (χ1) is 11.6. The summed E-state index contributed by atoms with van der Waals surface area (Å²) >= 11 is 0. The number of nitrogens with one attached hydrogen (secondary N) is 1. The van der Waals surface area contributed by atoms with Gasteiger partial charge in [-0.1, -0.05) is 37.3 Å². The first-order valence-electron chi connectivity index (χ1n) is 8.50. The van der Waals surface area contributed by atoms with Crippen LogP contribution in [0.1, 0.15) is 12.5 Å². The first-order valence-corrected chi connectivity index (χ1v) is 8.50. The predicted octanol–water partition coefficient (Wildman–Crippen LogP) is 1.65. The Hall–Kier alpha value is -1.63. The second-order valence-electron chi connectivity index (χ2n) is 6.91. The lowest BCUT2D eigenvalue weighted by atomic mass is 9.89. The minimum absolute atomic E-state index is 0.00706. The van der Waals surface area contributed by atoms with Crippen LogP contribution in [0.25, 0.3) is 0 Å². The molecule has 132 valence electrons. The van der Waals surface area contributed by atoms with Gasteiger partial charge in [-0.3, -0.25) is 0 Å². The molecular formula is C18H26N2O4. The van der Waals surface area contributed by atoms with E-state index in [-0.39, 0.29) is 17.6 Å². The van der Waals surface area contributed by atoms with Crippen LogP contribution in [0.2, 0.25) is 0 Å². The highest BCUT2D eigenvalue weighted by Crippen LogP contribution is 2.25. The molecule has 0 saturated carbocycles. The quantitative estimate of drug-likeness (QED) is 0.857. The van der Waals surface area contributed by atoms with Gasteiger partial charge in [-0.25, -0.2) is 4.79 Å². The fourth-order valence-electron chi connectivity index (χ4n) is 2.91. The van der Waals surface area contributed by atoms with Gasteiger partial charge in [0.15, 0.2) is 0 Å². The molecule has 0 aromatic heterocycles. The Morgan fingerprint density at radius 2 is 2.17 bits per heavy atom. The molecule has 0 radical (unpaired) electrons. The van der Waals surface area contributed by atoms with Crippen molar-refractivity contribution < 1.29 is 19.0 Å². The van der Waals surface area contributed by atoms with Crippen molar-refractivity contribution in [3.05, 3.63) is 35.9 Å². The molecule has 1 unspecified atom stereocenters. The molecule has 0 aliphatic carbocycles. The van der Waals surface area contributed by atoms with Crippen LogP contribution >= 0.6 is 0 Å². The molecular weight excluding hydrogens is 308 g/mol. The van der Waals surface area contributed by atoms with Crippen LogP contribution in [0.3, 0.4) is 0 Å². The maximum absolute atomic E-state index is 12.2. The van der Waals surface area contributed by atoms with E-state index in [9.17, 15) is 4.79 Å². The Morgan fingerprint density at radius 1 is 1.38 bits per heavy atom. The number of nitrogens with zero attached hydrogens (tertiary/aromatic N) is 1. The number of morpholine rings is 1. The van der Waals surface area contributed by atoms with Gasteiger partial charge in [-0.05, 0) is 5.56 Å². The van der Waals surface area contributed by atoms with Crippen molar-refractivity contribution in [3.8, 4) is 0 Å². The number of carbonyl (C=O) groups is 1. The van der Waals surface area contributed by atoms with Crippen molar-refractivity contribution in [2.75, 3.05) is 46.0 Å². The van der Waals surface area contributed by atoms with Crippen LogP contribution in [-0.4, -0.2) is 63.1 Å². The molecule has 6 nitrogen and oxygen atoms in total. The van der Waals surface area contributed by atoms with Gasteiger partial charge in [0, 0.05) is 25.0 Å². The molecule has 3 rings (SSSR count). The number of ether oxygens (including phenoxy) is 3. The number of amides is 1. The maximum Gasteiger partial charge on any atom is 0.410 e. The Bertz CT molecular complexity index is 533. The van der Waals surface area contributed by atoms with Crippen molar-refractivity contribution in [2.45, 2.75) is 19.6 Å². The molecule has 0 spiro atoms. The second kappa shape index (κ2) is 7.96. The van der Waals surface area contributed by atoms with E-state index < -0.39 is 0 Å². The molecule has 1 aromatic rings. The van der Waals surface area contributed by atoms with Gasteiger partial charge < -0.3 is 24.4 Å². The monoisotopic (exact) mass is 334 g/mol. The highest BCUT2D eigenvalue weighted by Gasteiger charge is 2.33. The van der Waals surface area contributed by atoms with E-state index in [0.717, 1.165) is 31.9 Å². The van der Waals surface area contributed by atoms with Gasteiger partial charge in [0.1, 0.15) is 6.61 Å². The van der Waals surface area contributed by atoms with Gasteiger partial charge in [-0.15, -0.1) is 0 Å². The minimum atomic E-state index is -0.272. The van der Waals surface area contributed by atoms with E-state index in [1.807, 2.05) is 30.3 Å². The Morgan fingerprint density at radius 3 is 2.88 bits per heavy atom. The molecule has 2 saturated heterocycles. The van der Waals surface area contributed by atoms with Crippen LogP contribution in [0.15, 0.2) is 30.3 Å². The van der Waals surface area contributed by atoms with Gasteiger partial charge >= 0.3 is 6.09 Å². The van der Waals surface area contributed by atoms with Crippen molar-refractivity contribution in [3.63, 3.8) is 0 Å². The van der Waals surface area contributed by atoms with E-state index in [1.165, 1.54) is 0 Å². The molecule has 2 fully saturated rings. The molecule has 1 amide bonds. The van der Waals surface area contributed by atoms with Crippen LogP contribution < -0.4 is 5.32 Å². The largest absolute Gasteiger partial charge is 0.445 e. The zero-order valence-electron chi connectivity index (χ0n) is 14.2. The molecule has 2 heterocycles. The fourth-order valence-corrected chi connectivity index (χ4v) is 2.91. The number of hydrogen-bond donors (Lipinski definition) is 1. The molecule has 1 N–H and O–H groups in total. The number of hydrogen-bond acceptors (Lipinski definition) is 5. The summed E-state index contributed by atoms with van der Waals surface area (Å²) in [5, 5.41) is 3.43. The SMILES string of the molecule is CC1(CNCC2CN(C(=O)OCc3ccccc3)CCO2)COC1. The van der Waals surface area contributed by atoms with E-state index in [4.69, 9.17) is 14.2 Å². The normalized spacial score (nSPS) is 22.7. The summed E-state index contributed by atoms with van der Waals surface area (Å²) in [6.45, 7) is 7.46. The van der Waals surface area contributed by atoms with Crippen molar-refractivity contribution in [1.82, 2.24) is 10.2 Å². The zero-order valence-corrected chi connectivity index (χ0v) is 14.2. The number of benzene rings is 1. The minimum Gasteiger partial charge on any atom is -0.445 e. The highest BCUT2D eigenvalue weighted by atomic mass is 16.6.